The van der Waals surface area contributed by atoms with E-state index in [0.29, 0.717) is 6.42 Å². The van der Waals surface area contributed by atoms with Crippen molar-refractivity contribution in [1.82, 2.24) is 4.90 Å². The molecule has 3 rings (SSSR count). The molecule has 1 fully saturated rings. The molecule has 0 saturated carbocycles. The van der Waals surface area contributed by atoms with E-state index in [1.807, 2.05) is 29.2 Å². The van der Waals surface area contributed by atoms with Gasteiger partial charge in [0.2, 0.25) is 5.91 Å². The van der Waals surface area contributed by atoms with Crippen molar-refractivity contribution in [3.63, 3.8) is 0 Å². The number of methoxy groups -OCH3 is 2. The minimum Gasteiger partial charge on any atom is -0.497 e. The van der Waals surface area contributed by atoms with Gasteiger partial charge in [0.1, 0.15) is 11.5 Å². The van der Waals surface area contributed by atoms with Gasteiger partial charge in [-0.3, -0.25) is 4.79 Å². The van der Waals surface area contributed by atoms with E-state index >= 15 is 0 Å². The van der Waals surface area contributed by atoms with Gasteiger partial charge >= 0.3 is 0 Å². The number of hydrogen-bond acceptors (Lipinski definition) is 3. The number of carbonyl (C=O) groups is 1. The van der Waals surface area contributed by atoms with Gasteiger partial charge in [0.15, 0.2) is 0 Å². The number of nitrogens with zero attached hydrogens (tertiary/aromatic N) is 1. The Bertz CT molecular complexity index is 714. The van der Waals surface area contributed by atoms with E-state index in [2.05, 4.69) is 24.3 Å². The summed E-state index contributed by atoms with van der Waals surface area (Å²) in [7, 11) is 3.26. The molecule has 0 N–H and O–H groups in total. The second-order valence-electron chi connectivity index (χ2n) is 6.43. The SMILES string of the molecule is COc1ccc(OC)c(CC(=O)N2CCCC2Cc2ccccc2)c1. The van der Waals surface area contributed by atoms with Crippen LogP contribution in [0.4, 0.5) is 0 Å². The smallest absolute Gasteiger partial charge is 0.227 e. The number of amides is 1. The fraction of sp³-hybridized carbons (Fsp3) is 0.381. The molecular formula is C21H25NO3. The molecule has 4 heteroatoms. The first kappa shape index (κ1) is 17.3. The summed E-state index contributed by atoms with van der Waals surface area (Å²) in [6.07, 6.45) is 3.39. The highest BCUT2D eigenvalue weighted by Crippen LogP contribution is 2.27. The lowest BCUT2D eigenvalue weighted by Gasteiger charge is -2.25. The third-order valence-electron chi connectivity index (χ3n) is 4.84. The van der Waals surface area contributed by atoms with Gasteiger partial charge in [-0.05, 0) is 43.0 Å². The van der Waals surface area contributed by atoms with Gasteiger partial charge in [-0.15, -0.1) is 0 Å². The molecule has 132 valence electrons. The monoisotopic (exact) mass is 339 g/mol. The van der Waals surface area contributed by atoms with Crippen LogP contribution in [0.25, 0.3) is 0 Å². The largest absolute Gasteiger partial charge is 0.497 e. The highest BCUT2D eigenvalue weighted by Gasteiger charge is 2.29. The Kier molecular flexibility index (Phi) is 5.59. The summed E-state index contributed by atoms with van der Waals surface area (Å²) >= 11 is 0. The first-order valence-electron chi connectivity index (χ1n) is 8.75. The molecule has 2 aromatic carbocycles. The lowest BCUT2D eigenvalue weighted by molar-refractivity contribution is -0.131. The minimum absolute atomic E-state index is 0.157. The van der Waals surface area contributed by atoms with Crippen LogP contribution in [0, 0.1) is 0 Å². The molecule has 1 heterocycles. The average Bonchev–Trinajstić information content (AvgIpc) is 3.10. The third kappa shape index (κ3) is 4.13. The molecule has 0 aromatic heterocycles. The molecule has 25 heavy (non-hydrogen) atoms. The Morgan fingerprint density at radius 2 is 1.92 bits per heavy atom. The van der Waals surface area contributed by atoms with Crippen molar-refractivity contribution in [2.45, 2.75) is 31.7 Å². The number of likely N-dealkylation sites (tertiary alicyclic amines) is 1. The van der Waals surface area contributed by atoms with Crippen LogP contribution in [0.15, 0.2) is 48.5 Å². The lowest BCUT2D eigenvalue weighted by Crippen LogP contribution is -2.37. The maximum absolute atomic E-state index is 12.9. The topological polar surface area (TPSA) is 38.8 Å². The van der Waals surface area contributed by atoms with Crippen LogP contribution in [-0.4, -0.2) is 37.6 Å². The van der Waals surface area contributed by atoms with Crippen molar-refractivity contribution < 1.29 is 14.3 Å². The summed E-state index contributed by atoms with van der Waals surface area (Å²) in [5.41, 5.74) is 2.16. The Morgan fingerprint density at radius 1 is 1.12 bits per heavy atom. The zero-order chi connectivity index (χ0) is 17.6. The van der Waals surface area contributed by atoms with E-state index < -0.39 is 0 Å². The first-order chi connectivity index (χ1) is 12.2. The van der Waals surface area contributed by atoms with Crippen LogP contribution < -0.4 is 9.47 Å². The summed E-state index contributed by atoms with van der Waals surface area (Å²) < 4.78 is 10.7. The summed E-state index contributed by atoms with van der Waals surface area (Å²) in [6, 6.07) is 16.3. The van der Waals surface area contributed by atoms with Crippen molar-refractivity contribution in [2.24, 2.45) is 0 Å². The van der Waals surface area contributed by atoms with E-state index in [9.17, 15) is 4.79 Å². The standard InChI is InChI=1S/C21H25NO3/c1-24-19-10-11-20(25-2)17(14-19)15-21(23)22-12-6-9-18(22)13-16-7-4-3-5-8-16/h3-5,7-8,10-11,14,18H,6,9,12-13,15H2,1-2H3. The molecule has 1 saturated heterocycles. The zero-order valence-electron chi connectivity index (χ0n) is 14.9. The number of ether oxygens (including phenoxy) is 2. The molecule has 0 radical (unpaired) electrons. The van der Waals surface area contributed by atoms with E-state index in [1.165, 1.54) is 5.56 Å². The van der Waals surface area contributed by atoms with Crippen molar-refractivity contribution in [3.8, 4) is 11.5 Å². The minimum atomic E-state index is 0.157. The highest BCUT2D eigenvalue weighted by atomic mass is 16.5. The molecule has 1 unspecified atom stereocenters. The molecule has 0 bridgehead atoms. The summed E-state index contributed by atoms with van der Waals surface area (Å²) in [4.78, 5) is 14.9. The molecule has 1 amide bonds. The van der Waals surface area contributed by atoms with Crippen molar-refractivity contribution >= 4 is 5.91 Å². The van der Waals surface area contributed by atoms with Gasteiger partial charge in [0, 0.05) is 18.2 Å². The average molecular weight is 339 g/mol. The number of rotatable bonds is 6. The Labute approximate surface area is 149 Å². The Morgan fingerprint density at radius 3 is 2.64 bits per heavy atom. The second kappa shape index (κ2) is 8.06. The predicted octanol–water partition coefficient (Wildman–Crippen LogP) is 3.48. The van der Waals surface area contributed by atoms with Gasteiger partial charge in [-0.25, -0.2) is 0 Å². The first-order valence-corrected chi connectivity index (χ1v) is 8.75. The van der Waals surface area contributed by atoms with Crippen LogP contribution in [0.1, 0.15) is 24.0 Å². The van der Waals surface area contributed by atoms with E-state index in [4.69, 9.17) is 9.47 Å². The molecule has 1 aliphatic heterocycles. The molecule has 0 spiro atoms. The number of benzene rings is 2. The van der Waals surface area contributed by atoms with E-state index in [1.54, 1.807) is 14.2 Å². The van der Waals surface area contributed by atoms with E-state index in [0.717, 1.165) is 42.9 Å². The Balaban J connectivity index is 1.72. The van der Waals surface area contributed by atoms with Crippen LogP contribution >= 0.6 is 0 Å². The predicted molar refractivity (Wildman–Crippen MR) is 98.1 cm³/mol. The second-order valence-corrected chi connectivity index (χ2v) is 6.43. The quantitative estimate of drug-likeness (QED) is 0.809. The molecule has 2 aromatic rings. The van der Waals surface area contributed by atoms with Crippen LogP contribution in [0.2, 0.25) is 0 Å². The van der Waals surface area contributed by atoms with E-state index in [-0.39, 0.29) is 11.9 Å². The number of carbonyl (C=O) groups excluding carboxylic acids is 1. The summed E-state index contributed by atoms with van der Waals surface area (Å²) in [6.45, 7) is 0.836. The zero-order valence-corrected chi connectivity index (χ0v) is 14.9. The van der Waals surface area contributed by atoms with Crippen LogP contribution in [0.5, 0.6) is 11.5 Å². The van der Waals surface area contributed by atoms with Crippen LogP contribution in [0.3, 0.4) is 0 Å². The fourth-order valence-corrected chi connectivity index (χ4v) is 3.55. The molecule has 1 aliphatic rings. The van der Waals surface area contributed by atoms with Gasteiger partial charge < -0.3 is 14.4 Å². The summed E-state index contributed by atoms with van der Waals surface area (Å²) in [5, 5.41) is 0. The Hall–Kier alpha value is -2.49. The van der Waals surface area contributed by atoms with Gasteiger partial charge in [0.05, 0.1) is 20.6 Å². The number of hydrogen-bond donors (Lipinski definition) is 0. The third-order valence-corrected chi connectivity index (χ3v) is 4.84. The normalized spacial score (nSPS) is 16.7. The lowest BCUT2D eigenvalue weighted by atomic mass is 10.0. The van der Waals surface area contributed by atoms with Crippen molar-refractivity contribution in [3.05, 3.63) is 59.7 Å². The molecule has 1 atom stereocenters. The maximum Gasteiger partial charge on any atom is 0.227 e. The fourth-order valence-electron chi connectivity index (χ4n) is 3.55. The van der Waals surface area contributed by atoms with Crippen molar-refractivity contribution in [2.75, 3.05) is 20.8 Å². The molecule has 4 nitrogen and oxygen atoms in total. The van der Waals surface area contributed by atoms with Gasteiger partial charge in [0.25, 0.3) is 0 Å². The van der Waals surface area contributed by atoms with Gasteiger partial charge in [-0.2, -0.15) is 0 Å². The van der Waals surface area contributed by atoms with Gasteiger partial charge in [-0.1, -0.05) is 30.3 Å². The summed E-state index contributed by atoms with van der Waals surface area (Å²) in [5.74, 6) is 1.63. The van der Waals surface area contributed by atoms with Crippen LogP contribution in [-0.2, 0) is 17.6 Å². The van der Waals surface area contributed by atoms with Crippen molar-refractivity contribution in [1.29, 1.82) is 0 Å². The molecule has 0 aliphatic carbocycles. The highest BCUT2D eigenvalue weighted by molar-refractivity contribution is 5.80. The maximum atomic E-state index is 12.9. The molecular weight excluding hydrogens is 314 g/mol.